The molecule has 1 amide bonds. The maximum absolute atomic E-state index is 13.5. The summed E-state index contributed by atoms with van der Waals surface area (Å²) in [6.45, 7) is 5.06. The number of rotatable bonds is 4. The molecule has 2 saturated heterocycles. The molecule has 0 bridgehead atoms. The van der Waals surface area contributed by atoms with Crippen molar-refractivity contribution in [1.29, 1.82) is 5.26 Å². The molecule has 170 valence electrons. The second kappa shape index (κ2) is 7.40. The van der Waals surface area contributed by atoms with Crippen molar-refractivity contribution in [1.82, 2.24) is 24.3 Å². The van der Waals surface area contributed by atoms with Crippen LogP contribution in [0.2, 0.25) is 0 Å². The standard InChI is InChI=1S/C24H27N7O2/c1-16-11-29(23(32)24(16,15-25)18-3-4-18)20-5-6-26-31-13-19(9-21(20)31)30-12-17(10-27-30)22-14-28(2)7-8-33-22/h5-6,9-10,12-13,16,18,22H,3-4,7-8,11,14H2,1-2H3/t16-,22?,24+/m1/s1. The molecule has 3 fully saturated rings. The first-order valence-electron chi connectivity index (χ1n) is 11.6. The molecule has 3 aromatic heterocycles. The van der Waals surface area contributed by atoms with E-state index in [0.29, 0.717) is 13.2 Å². The second-order valence-corrected chi connectivity index (χ2v) is 9.66. The predicted octanol–water partition coefficient (Wildman–Crippen LogP) is 2.43. The number of nitriles is 1. The first kappa shape index (κ1) is 20.4. The number of nitrogens with zero attached hydrogens (tertiary/aromatic N) is 7. The van der Waals surface area contributed by atoms with E-state index in [1.807, 2.05) is 42.3 Å². The smallest absolute Gasteiger partial charge is 0.248 e. The molecule has 3 aromatic rings. The number of likely N-dealkylation sites (N-methyl/N-ethyl adjacent to an activating group) is 1. The van der Waals surface area contributed by atoms with Gasteiger partial charge in [0.25, 0.3) is 0 Å². The molecule has 3 aliphatic rings. The monoisotopic (exact) mass is 445 g/mol. The van der Waals surface area contributed by atoms with E-state index in [-0.39, 0.29) is 23.8 Å². The fraction of sp³-hybridized carbons (Fsp3) is 0.500. The number of aromatic nitrogens is 4. The van der Waals surface area contributed by atoms with E-state index in [0.717, 1.165) is 48.4 Å². The third-order valence-electron chi connectivity index (χ3n) is 7.51. The van der Waals surface area contributed by atoms with Crippen LogP contribution in [0.25, 0.3) is 11.2 Å². The van der Waals surface area contributed by atoms with Gasteiger partial charge in [0, 0.05) is 43.5 Å². The SMILES string of the molecule is C[C@@H]1CN(c2ccnn3cc(-n4cc(C5CN(C)CCO5)cn4)cc23)C(=O)[C@]1(C#N)C1CC1. The van der Waals surface area contributed by atoms with Crippen LogP contribution in [-0.4, -0.2) is 63.5 Å². The van der Waals surface area contributed by atoms with E-state index in [4.69, 9.17) is 4.74 Å². The molecule has 2 aliphatic heterocycles. The minimum Gasteiger partial charge on any atom is -0.371 e. The second-order valence-electron chi connectivity index (χ2n) is 9.66. The van der Waals surface area contributed by atoms with Gasteiger partial charge in [-0.1, -0.05) is 6.92 Å². The van der Waals surface area contributed by atoms with Crippen LogP contribution in [0.15, 0.2) is 36.9 Å². The summed E-state index contributed by atoms with van der Waals surface area (Å²) in [5.74, 6) is 0.0991. The van der Waals surface area contributed by atoms with Gasteiger partial charge in [0.15, 0.2) is 0 Å². The van der Waals surface area contributed by atoms with E-state index in [9.17, 15) is 10.1 Å². The highest BCUT2D eigenvalue weighted by Crippen LogP contribution is 2.54. The zero-order chi connectivity index (χ0) is 22.7. The van der Waals surface area contributed by atoms with Gasteiger partial charge in [0.2, 0.25) is 5.91 Å². The molecule has 9 heteroatoms. The van der Waals surface area contributed by atoms with Crippen LogP contribution in [0.1, 0.15) is 31.4 Å². The third-order valence-corrected chi connectivity index (χ3v) is 7.51. The molecule has 5 heterocycles. The maximum atomic E-state index is 13.5. The van der Waals surface area contributed by atoms with Crippen LogP contribution in [-0.2, 0) is 9.53 Å². The molecule has 6 rings (SSSR count). The summed E-state index contributed by atoms with van der Waals surface area (Å²) in [7, 11) is 2.10. The molecule has 0 N–H and O–H groups in total. The van der Waals surface area contributed by atoms with Crippen molar-refractivity contribution in [2.75, 3.05) is 38.2 Å². The number of morpholine rings is 1. The van der Waals surface area contributed by atoms with Gasteiger partial charge in [-0.3, -0.25) is 4.79 Å². The number of amides is 1. The number of anilines is 1. The number of carbonyl (C=O) groups excluding carboxylic acids is 1. The highest BCUT2D eigenvalue weighted by molar-refractivity contribution is 6.05. The zero-order valence-corrected chi connectivity index (χ0v) is 18.9. The Bertz CT molecular complexity index is 1270. The molecule has 9 nitrogen and oxygen atoms in total. The van der Waals surface area contributed by atoms with Gasteiger partial charge in [0.05, 0.1) is 48.1 Å². The Morgan fingerprint density at radius 2 is 2.09 bits per heavy atom. The van der Waals surface area contributed by atoms with Crippen molar-refractivity contribution >= 4 is 17.1 Å². The molecule has 1 aliphatic carbocycles. The fourth-order valence-electron chi connectivity index (χ4n) is 5.47. The van der Waals surface area contributed by atoms with E-state index >= 15 is 0 Å². The number of hydrogen-bond acceptors (Lipinski definition) is 6. The molecule has 0 spiro atoms. The van der Waals surface area contributed by atoms with Crippen molar-refractivity contribution in [2.45, 2.75) is 25.9 Å². The Morgan fingerprint density at radius 1 is 1.24 bits per heavy atom. The fourth-order valence-corrected chi connectivity index (χ4v) is 5.47. The van der Waals surface area contributed by atoms with Crippen molar-refractivity contribution in [3.05, 3.63) is 42.5 Å². The van der Waals surface area contributed by atoms with E-state index in [1.54, 1.807) is 15.6 Å². The third kappa shape index (κ3) is 3.09. The summed E-state index contributed by atoms with van der Waals surface area (Å²) in [6.07, 6.45) is 9.38. The molecular weight excluding hydrogens is 418 g/mol. The topological polar surface area (TPSA) is 91.7 Å². The van der Waals surface area contributed by atoms with E-state index in [1.165, 1.54) is 0 Å². The molecule has 33 heavy (non-hydrogen) atoms. The van der Waals surface area contributed by atoms with Crippen LogP contribution in [0.3, 0.4) is 0 Å². The van der Waals surface area contributed by atoms with Crippen molar-refractivity contribution in [3.8, 4) is 11.8 Å². The summed E-state index contributed by atoms with van der Waals surface area (Å²) in [6, 6.07) is 6.27. The van der Waals surface area contributed by atoms with Gasteiger partial charge < -0.3 is 14.5 Å². The summed E-state index contributed by atoms with van der Waals surface area (Å²) in [5.41, 5.74) is 2.61. The van der Waals surface area contributed by atoms with Gasteiger partial charge in [-0.2, -0.15) is 15.5 Å². The van der Waals surface area contributed by atoms with Crippen LogP contribution in [0, 0.1) is 28.6 Å². The Balaban J connectivity index is 1.34. The lowest BCUT2D eigenvalue weighted by molar-refractivity contribution is -0.124. The van der Waals surface area contributed by atoms with Crippen molar-refractivity contribution < 1.29 is 9.53 Å². The van der Waals surface area contributed by atoms with Gasteiger partial charge in [-0.15, -0.1) is 0 Å². The van der Waals surface area contributed by atoms with Crippen LogP contribution in [0.4, 0.5) is 5.69 Å². The van der Waals surface area contributed by atoms with Gasteiger partial charge in [-0.05, 0) is 37.9 Å². The van der Waals surface area contributed by atoms with Gasteiger partial charge >= 0.3 is 0 Å². The van der Waals surface area contributed by atoms with Crippen molar-refractivity contribution in [3.63, 3.8) is 0 Å². The molecule has 0 radical (unpaired) electrons. The van der Waals surface area contributed by atoms with E-state index < -0.39 is 5.41 Å². The van der Waals surface area contributed by atoms with Gasteiger partial charge in [0.1, 0.15) is 5.41 Å². The van der Waals surface area contributed by atoms with Crippen molar-refractivity contribution in [2.24, 2.45) is 17.3 Å². The highest BCUT2D eigenvalue weighted by Gasteiger charge is 2.61. The lowest BCUT2D eigenvalue weighted by Gasteiger charge is -2.29. The molecule has 0 aromatic carbocycles. The van der Waals surface area contributed by atoms with E-state index in [2.05, 4.69) is 28.2 Å². The molecular formula is C24H27N7O2. The molecule has 1 unspecified atom stereocenters. The van der Waals surface area contributed by atoms with Crippen LogP contribution in [0.5, 0.6) is 0 Å². The Kier molecular flexibility index (Phi) is 4.57. The average Bonchev–Trinajstić information content (AvgIpc) is 3.28. The number of carbonyl (C=O) groups is 1. The van der Waals surface area contributed by atoms with Gasteiger partial charge in [-0.25, -0.2) is 9.20 Å². The van der Waals surface area contributed by atoms with Crippen LogP contribution < -0.4 is 4.90 Å². The summed E-state index contributed by atoms with van der Waals surface area (Å²) in [4.78, 5) is 17.6. The first-order valence-corrected chi connectivity index (χ1v) is 11.6. The number of ether oxygens (including phenoxy) is 1. The summed E-state index contributed by atoms with van der Waals surface area (Å²) >= 11 is 0. The zero-order valence-electron chi connectivity index (χ0n) is 18.9. The average molecular weight is 446 g/mol. The quantitative estimate of drug-likeness (QED) is 0.613. The Morgan fingerprint density at radius 3 is 2.85 bits per heavy atom. The number of hydrogen-bond donors (Lipinski definition) is 0. The minimum atomic E-state index is -0.903. The maximum Gasteiger partial charge on any atom is 0.248 e. The molecule has 1 saturated carbocycles. The Labute approximate surface area is 192 Å². The molecule has 3 atom stereocenters. The minimum absolute atomic E-state index is 0.00699. The highest BCUT2D eigenvalue weighted by atomic mass is 16.5. The largest absolute Gasteiger partial charge is 0.371 e. The first-order chi connectivity index (χ1) is 16.0. The normalized spacial score (nSPS) is 28.5. The lowest BCUT2D eigenvalue weighted by atomic mass is 9.75. The van der Waals surface area contributed by atoms with Crippen LogP contribution >= 0.6 is 0 Å². The lowest BCUT2D eigenvalue weighted by Crippen LogP contribution is -2.37. The summed E-state index contributed by atoms with van der Waals surface area (Å²) < 4.78 is 9.52. The number of fused-ring (bicyclic) bond motifs is 1. The predicted molar refractivity (Wildman–Crippen MR) is 121 cm³/mol. The Hall–Kier alpha value is -3.22. The summed E-state index contributed by atoms with van der Waals surface area (Å²) in [5, 5.41) is 19.0.